The lowest BCUT2D eigenvalue weighted by molar-refractivity contribution is -0.149. The lowest BCUT2D eigenvalue weighted by Crippen LogP contribution is -2.11. The van der Waals surface area contributed by atoms with Crippen molar-refractivity contribution in [1.29, 1.82) is 0 Å². The molecule has 4 heteroatoms. The fourth-order valence-corrected chi connectivity index (χ4v) is 2.50. The van der Waals surface area contributed by atoms with Crippen LogP contribution in [0, 0.1) is 0 Å². The van der Waals surface area contributed by atoms with Crippen molar-refractivity contribution in [3.63, 3.8) is 0 Å². The number of hydrogen-bond donors (Lipinski definition) is 0. The molecule has 0 saturated carbocycles. The molecule has 0 radical (unpaired) electrons. The Hall–Kier alpha value is -1.84. The van der Waals surface area contributed by atoms with Gasteiger partial charge in [0.25, 0.3) is 0 Å². The monoisotopic (exact) mass is 392 g/mol. The maximum Gasteiger partial charge on any atom is 0.306 e. The summed E-state index contributed by atoms with van der Waals surface area (Å²) in [4.78, 5) is 23.2. The van der Waals surface area contributed by atoms with Gasteiger partial charge in [-0.2, -0.15) is 0 Å². The first-order chi connectivity index (χ1) is 13.3. The highest BCUT2D eigenvalue weighted by Crippen LogP contribution is 2.11. The average Bonchev–Trinajstić information content (AvgIpc) is 2.63. The molecule has 0 aliphatic heterocycles. The normalized spacial score (nSPS) is 11.9. The first-order valence-electron chi connectivity index (χ1n) is 10.6. The highest BCUT2D eigenvalue weighted by molar-refractivity contribution is 5.77. The summed E-state index contributed by atoms with van der Waals surface area (Å²) < 4.78 is 10.2. The van der Waals surface area contributed by atoms with Gasteiger partial charge in [0.05, 0.1) is 19.4 Å². The predicted molar refractivity (Wildman–Crippen MR) is 116 cm³/mol. The maximum atomic E-state index is 11.7. The molecule has 0 heterocycles. The SMILES string of the molecule is CCCCCOC(=O)CCC(=O)OC/C=C(\C)CC/C=C(\C)CCC=C(C)C. The predicted octanol–water partition coefficient (Wildman–Crippen LogP) is 6.46. The van der Waals surface area contributed by atoms with Crippen LogP contribution in [0.3, 0.4) is 0 Å². The Bertz CT molecular complexity index is 537. The maximum absolute atomic E-state index is 11.7. The van der Waals surface area contributed by atoms with Crippen LogP contribution in [0.25, 0.3) is 0 Å². The molecule has 0 N–H and O–H groups in total. The molecular formula is C24H40O4. The van der Waals surface area contributed by atoms with E-state index in [2.05, 4.69) is 39.8 Å². The van der Waals surface area contributed by atoms with Crippen LogP contribution in [0.5, 0.6) is 0 Å². The van der Waals surface area contributed by atoms with Crippen molar-refractivity contribution in [3.05, 3.63) is 34.9 Å². The van der Waals surface area contributed by atoms with Gasteiger partial charge in [0.1, 0.15) is 6.61 Å². The number of unbranched alkanes of at least 4 members (excludes halogenated alkanes) is 2. The molecule has 0 unspecified atom stereocenters. The fourth-order valence-electron chi connectivity index (χ4n) is 2.50. The molecule has 0 spiro atoms. The van der Waals surface area contributed by atoms with Crippen molar-refractivity contribution < 1.29 is 19.1 Å². The molecule has 0 aromatic carbocycles. The van der Waals surface area contributed by atoms with E-state index in [9.17, 15) is 9.59 Å². The Morgan fingerprint density at radius 1 is 0.714 bits per heavy atom. The number of allylic oxidation sites excluding steroid dienone is 5. The summed E-state index contributed by atoms with van der Waals surface area (Å²) in [5, 5.41) is 0. The molecule has 0 amide bonds. The van der Waals surface area contributed by atoms with Gasteiger partial charge >= 0.3 is 11.9 Å². The minimum atomic E-state index is -0.357. The van der Waals surface area contributed by atoms with Gasteiger partial charge in [-0.25, -0.2) is 0 Å². The van der Waals surface area contributed by atoms with Gasteiger partial charge in [0, 0.05) is 0 Å². The van der Waals surface area contributed by atoms with Crippen molar-refractivity contribution >= 4 is 11.9 Å². The number of carbonyl (C=O) groups is 2. The summed E-state index contributed by atoms with van der Waals surface area (Å²) in [6.45, 7) is 11.3. The molecule has 0 bridgehead atoms. The Labute approximate surface area is 172 Å². The van der Waals surface area contributed by atoms with E-state index in [4.69, 9.17) is 9.47 Å². The quantitative estimate of drug-likeness (QED) is 0.182. The Balaban J connectivity index is 3.88. The summed E-state index contributed by atoms with van der Waals surface area (Å²) in [6.07, 6.45) is 13.8. The zero-order valence-electron chi connectivity index (χ0n) is 18.6. The summed E-state index contributed by atoms with van der Waals surface area (Å²) in [7, 11) is 0. The average molecular weight is 393 g/mol. The summed E-state index contributed by atoms with van der Waals surface area (Å²) in [6, 6.07) is 0. The molecule has 4 nitrogen and oxygen atoms in total. The first-order valence-corrected chi connectivity index (χ1v) is 10.6. The van der Waals surface area contributed by atoms with Crippen LogP contribution in [0.1, 0.15) is 92.4 Å². The first kappa shape index (κ1) is 26.2. The molecule has 0 aromatic rings. The number of carbonyl (C=O) groups excluding carboxylic acids is 2. The van der Waals surface area contributed by atoms with Crippen LogP contribution in [0.4, 0.5) is 0 Å². The van der Waals surface area contributed by atoms with Crippen molar-refractivity contribution in [3.8, 4) is 0 Å². The largest absolute Gasteiger partial charge is 0.466 e. The van der Waals surface area contributed by atoms with Gasteiger partial charge in [0.2, 0.25) is 0 Å². The topological polar surface area (TPSA) is 52.6 Å². The number of rotatable bonds is 15. The molecule has 160 valence electrons. The number of ether oxygens (including phenoxy) is 2. The minimum absolute atomic E-state index is 0.0765. The van der Waals surface area contributed by atoms with Crippen molar-refractivity contribution in [2.24, 2.45) is 0 Å². The second-order valence-corrected chi connectivity index (χ2v) is 7.57. The van der Waals surface area contributed by atoms with E-state index in [0.717, 1.165) is 44.9 Å². The van der Waals surface area contributed by atoms with Crippen LogP contribution in [0.15, 0.2) is 34.9 Å². The zero-order valence-corrected chi connectivity index (χ0v) is 18.6. The fraction of sp³-hybridized carbons (Fsp3) is 0.667. The molecule has 0 aliphatic rings. The molecule has 28 heavy (non-hydrogen) atoms. The minimum Gasteiger partial charge on any atom is -0.466 e. The van der Waals surface area contributed by atoms with E-state index in [-0.39, 0.29) is 31.4 Å². The van der Waals surface area contributed by atoms with Crippen molar-refractivity contribution in [1.82, 2.24) is 0 Å². The van der Waals surface area contributed by atoms with Crippen molar-refractivity contribution in [2.45, 2.75) is 92.4 Å². The van der Waals surface area contributed by atoms with Crippen LogP contribution in [-0.2, 0) is 19.1 Å². The van der Waals surface area contributed by atoms with E-state index >= 15 is 0 Å². The molecule has 0 saturated heterocycles. The highest BCUT2D eigenvalue weighted by Gasteiger charge is 2.08. The van der Waals surface area contributed by atoms with Crippen LogP contribution in [0.2, 0.25) is 0 Å². The molecule has 0 rings (SSSR count). The van der Waals surface area contributed by atoms with Gasteiger partial charge in [-0.3, -0.25) is 9.59 Å². The molecule has 0 aromatic heterocycles. The van der Waals surface area contributed by atoms with E-state index in [1.54, 1.807) is 0 Å². The third-order valence-corrected chi connectivity index (χ3v) is 4.34. The van der Waals surface area contributed by atoms with Gasteiger partial charge in [-0.15, -0.1) is 0 Å². The third-order valence-electron chi connectivity index (χ3n) is 4.34. The number of esters is 2. The van der Waals surface area contributed by atoms with Gasteiger partial charge in [-0.1, -0.05) is 48.6 Å². The zero-order chi connectivity index (χ0) is 21.2. The Morgan fingerprint density at radius 3 is 1.89 bits per heavy atom. The Morgan fingerprint density at radius 2 is 1.29 bits per heavy atom. The molecule has 0 fully saturated rings. The van der Waals surface area contributed by atoms with Gasteiger partial charge < -0.3 is 9.47 Å². The summed E-state index contributed by atoms with van der Waals surface area (Å²) in [5.74, 6) is -0.684. The van der Waals surface area contributed by atoms with Crippen LogP contribution < -0.4 is 0 Å². The lowest BCUT2D eigenvalue weighted by atomic mass is 10.1. The second-order valence-electron chi connectivity index (χ2n) is 7.57. The third kappa shape index (κ3) is 17.6. The molecular weight excluding hydrogens is 352 g/mol. The van der Waals surface area contributed by atoms with E-state index in [1.807, 2.05) is 13.0 Å². The van der Waals surface area contributed by atoms with E-state index < -0.39 is 0 Å². The van der Waals surface area contributed by atoms with Crippen LogP contribution >= 0.6 is 0 Å². The summed E-state index contributed by atoms with van der Waals surface area (Å²) in [5.41, 5.74) is 3.99. The number of hydrogen-bond acceptors (Lipinski definition) is 4. The highest BCUT2D eigenvalue weighted by atomic mass is 16.5. The standard InChI is InChI=1S/C24H40O4/c1-6-7-8-18-27-23(25)15-16-24(26)28-19-17-22(5)14-10-13-21(4)12-9-11-20(2)3/h11,13,17H,6-10,12,14-16,18-19H2,1-5H3/b21-13+,22-17+. The second kappa shape index (κ2) is 17.3. The van der Waals surface area contributed by atoms with E-state index in [0.29, 0.717) is 6.61 Å². The molecule has 0 atom stereocenters. The smallest absolute Gasteiger partial charge is 0.306 e. The Kier molecular flexibility index (Phi) is 16.1. The lowest BCUT2D eigenvalue weighted by Gasteiger charge is -2.05. The summed E-state index contributed by atoms with van der Waals surface area (Å²) >= 11 is 0. The van der Waals surface area contributed by atoms with Crippen molar-refractivity contribution in [2.75, 3.05) is 13.2 Å². The van der Waals surface area contributed by atoms with Gasteiger partial charge in [-0.05, 0) is 65.9 Å². The van der Waals surface area contributed by atoms with Gasteiger partial charge in [0.15, 0.2) is 0 Å². The molecule has 0 aliphatic carbocycles. The van der Waals surface area contributed by atoms with E-state index in [1.165, 1.54) is 16.7 Å². The van der Waals surface area contributed by atoms with Crippen LogP contribution in [-0.4, -0.2) is 25.2 Å².